The molecule has 1 saturated carbocycles. The van der Waals surface area contributed by atoms with E-state index in [1.54, 1.807) is 25.2 Å². The van der Waals surface area contributed by atoms with Crippen LogP contribution < -0.4 is 15.7 Å². The van der Waals surface area contributed by atoms with Gasteiger partial charge in [-0.15, -0.1) is 5.23 Å². The van der Waals surface area contributed by atoms with Crippen LogP contribution in [0.5, 0.6) is 5.75 Å². The molecule has 1 heterocycles. The highest BCUT2D eigenvalue weighted by Crippen LogP contribution is 2.37. The van der Waals surface area contributed by atoms with Gasteiger partial charge in [0.25, 0.3) is 5.91 Å². The van der Waals surface area contributed by atoms with E-state index in [9.17, 15) is 15.2 Å². The first kappa shape index (κ1) is 18.5. The van der Waals surface area contributed by atoms with Crippen molar-refractivity contribution < 1.29 is 19.9 Å². The number of carbonyl (C=O) groups excluding carboxylic acids is 1. The summed E-state index contributed by atoms with van der Waals surface area (Å²) in [6.45, 7) is -0.00176. The first-order valence-electron chi connectivity index (χ1n) is 8.96. The first-order chi connectivity index (χ1) is 12.4. The fraction of sp³-hybridized carbons (Fsp3) is 0.556. The van der Waals surface area contributed by atoms with Gasteiger partial charge in [0.15, 0.2) is 11.5 Å². The topological polar surface area (TPSA) is 112 Å². The SMILES string of the molecule is CN1C(=O)C(COc2ccccc2N(O)O)(CC2CCCCC2)N=C1N. The number of guanidine groups is 1. The van der Waals surface area contributed by atoms with E-state index < -0.39 is 5.54 Å². The molecule has 1 aromatic carbocycles. The van der Waals surface area contributed by atoms with Crippen LogP contribution in [0.1, 0.15) is 38.5 Å². The molecule has 3 rings (SSSR count). The molecule has 4 N–H and O–H groups in total. The molecule has 26 heavy (non-hydrogen) atoms. The molecule has 8 nitrogen and oxygen atoms in total. The van der Waals surface area contributed by atoms with Crippen molar-refractivity contribution in [2.75, 3.05) is 18.9 Å². The number of nitrogens with two attached hydrogens (primary N) is 1. The highest BCUT2D eigenvalue weighted by molar-refractivity contribution is 6.06. The van der Waals surface area contributed by atoms with Crippen LogP contribution >= 0.6 is 0 Å². The Balaban J connectivity index is 1.82. The Morgan fingerprint density at radius 2 is 2.00 bits per heavy atom. The molecule has 1 atom stereocenters. The number of benzene rings is 1. The molecular weight excluding hydrogens is 336 g/mol. The Labute approximate surface area is 152 Å². The Morgan fingerprint density at radius 1 is 1.31 bits per heavy atom. The minimum atomic E-state index is -1.07. The van der Waals surface area contributed by atoms with Gasteiger partial charge in [0.05, 0.1) is 0 Å². The van der Waals surface area contributed by atoms with Crippen LogP contribution in [0.15, 0.2) is 29.3 Å². The van der Waals surface area contributed by atoms with Gasteiger partial charge in [-0.3, -0.25) is 20.1 Å². The van der Waals surface area contributed by atoms with Crippen molar-refractivity contribution in [3.63, 3.8) is 0 Å². The number of amides is 1. The second-order valence-corrected chi connectivity index (χ2v) is 7.12. The number of ether oxygens (including phenoxy) is 1. The van der Waals surface area contributed by atoms with Gasteiger partial charge in [-0.2, -0.15) is 0 Å². The summed E-state index contributed by atoms with van der Waals surface area (Å²) in [5.41, 5.74) is 4.94. The van der Waals surface area contributed by atoms with E-state index in [0.29, 0.717) is 12.3 Å². The fourth-order valence-electron chi connectivity index (χ4n) is 3.85. The van der Waals surface area contributed by atoms with E-state index in [-0.39, 0.29) is 35.1 Å². The van der Waals surface area contributed by atoms with Crippen molar-refractivity contribution >= 4 is 17.6 Å². The summed E-state index contributed by atoms with van der Waals surface area (Å²) in [5.74, 6) is 0.676. The van der Waals surface area contributed by atoms with Crippen molar-refractivity contribution in [2.24, 2.45) is 16.6 Å². The molecule has 0 radical (unpaired) electrons. The van der Waals surface area contributed by atoms with Gasteiger partial charge in [-0.1, -0.05) is 44.2 Å². The number of likely N-dealkylation sites (N-methyl/N-ethyl adjacent to an activating group) is 1. The maximum Gasteiger partial charge on any atom is 0.260 e. The van der Waals surface area contributed by atoms with Crippen LogP contribution in [0.4, 0.5) is 5.69 Å². The molecule has 1 aromatic rings. The van der Waals surface area contributed by atoms with Gasteiger partial charge in [0.1, 0.15) is 18.0 Å². The van der Waals surface area contributed by atoms with Crippen LogP contribution in [-0.4, -0.2) is 46.4 Å². The molecule has 2 aliphatic rings. The number of carbonyl (C=O) groups is 1. The highest BCUT2D eigenvalue weighted by Gasteiger charge is 2.48. The van der Waals surface area contributed by atoms with Crippen LogP contribution in [0.2, 0.25) is 0 Å². The van der Waals surface area contributed by atoms with E-state index in [1.165, 1.54) is 17.4 Å². The standard InChI is InChI=1S/C18H26N4O4/c1-21-16(23)18(20-17(21)19,11-13-7-3-2-4-8-13)12-26-15-10-6-5-9-14(15)22(24)25/h5-6,9-10,13,24-25H,2-4,7-8,11-12H2,1H3,(H2,19,20). The van der Waals surface area contributed by atoms with E-state index >= 15 is 0 Å². The summed E-state index contributed by atoms with van der Waals surface area (Å²) < 4.78 is 5.82. The highest BCUT2D eigenvalue weighted by atomic mass is 16.8. The predicted octanol–water partition coefficient (Wildman–Crippen LogP) is 2.15. The lowest BCUT2D eigenvalue weighted by Gasteiger charge is -2.31. The number of rotatable bonds is 6. The summed E-state index contributed by atoms with van der Waals surface area (Å²) in [5, 5.41) is 18.7. The van der Waals surface area contributed by atoms with Crippen LogP contribution in [0.25, 0.3) is 0 Å². The lowest BCUT2D eigenvalue weighted by Crippen LogP contribution is -2.47. The third-order valence-corrected chi connectivity index (χ3v) is 5.27. The minimum Gasteiger partial charge on any atom is -0.488 e. The van der Waals surface area contributed by atoms with Gasteiger partial charge < -0.3 is 10.5 Å². The lowest BCUT2D eigenvalue weighted by atomic mass is 9.79. The van der Waals surface area contributed by atoms with E-state index in [0.717, 1.165) is 25.7 Å². The fourth-order valence-corrected chi connectivity index (χ4v) is 3.85. The molecule has 0 bridgehead atoms. The molecule has 1 fully saturated rings. The number of nitrogens with zero attached hydrogens (tertiary/aromatic N) is 3. The van der Waals surface area contributed by atoms with E-state index in [2.05, 4.69) is 4.99 Å². The molecule has 1 amide bonds. The van der Waals surface area contributed by atoms with E-state index in [4.69, 9.17) is 10.5 Å². The zero-order valence-electron chi connectivity index (χ0n) is 15.0. The quantitative estimate of drug-likeness (QED) is 0.669. The maximum absolute atomic E-state index is 12.9. The van der Waals surface area contributed by atoms with Gasteiger partial charge in [-0.05, 0) is 24.5 Å². The van der Waals surface area contributed by atoms with Crippen LogP contribution in [0.3, 0.4) is 0 Å². The number of hydrogen-bond donors (Lipinski definition) is 3. The molecule has 1 aliphatic carbocycles. The van der Waals surface area contributed by atoms with E-state index in [1.807, 2.05) is 0 Å². The van der Waals surface area contributed by atoms with Gasteiger partial charge in [-0.25, -0.2) is 4.99 Å². The molecule has 1 aliphatic heterocycles. The largest absolute Gasteiger partial charge is 0.488 e. The molecule has 0 spiro atoms. The van der Waals surface area contributed by atoms with Crippen molar-refractivity contribution in [3.8, 4) is 5.75 Å². The monoisotopic (exact) mass is 362 g/mol. The average Bonchev–Trinajstić information content (AvgIpc) is 2.85. The Morgan fingerprint density at radius 3 is 2.62 bits per heavy atom. The minimum absolute atomic E-state index is 0.00176. The lowest BCUT2D eigenvalue weighted by molar-refractivity contribution is -0.132. The predicted molar refractivity (Wildman–Crippen MR) is 96.3 cm³/mol. The smallest absolute Gasteiger partial charge is 0.260 e. The number of hydrogen-bond acceptors (Lipinski definition) is 7. The van der Waals surface area contributed by atoms with Gasteiger partial charge in [0.2, 0.25) is 0 Å². The summed E-state index contributed by atoms with van der Waals surface area (Å²) in [7, 11) is 1.61. The third-order valence-electron chi connectivity index (χ3n) is 5.27. The second kappa shape index (κ2) is 7.51. The zero-order valence-corrected chi connectivity index (χ0v) is 15.0. The molecule has 0 saturated heterocycles. The summed E-state index contributed by atoms with van der Waals surface area (Å²) in [4.78, 5) is 18.7. The van der Waals surface area contributed by atoms with Crippen LogP contribution in [0, 0.1) is 5.92 Å². The van der Waals surface area contributed by atoms with Crippen molar-refractivity contribution in [1.82, 2.24) is 4.90 Å². The Kier molecular flexibility index (Phi) is 5.33. The number of anilines is 1. The second-order valence-electron chi connectivity index (χ2n) is 7.12. The average molecular weight is 362 g/mol. The van der Waals surface area contributed by atoms with Gasteiger partial charge in [0, 0.05) is 7.05 Å². The first-order valence-corrected chi connectivity index (χ1v) is 8.96. The summed E-state index contributed by atoms with van der Waals surface area (Å²) in [6.07, 6.45) is 6.30. The normalized spacial score (nSPS) is 23.9. The summed E-state index contributed by atoms with van der Waals surface area (Å²) >= 11 is 0. The third kappa shape index (κ3) is 3.61. The number of para-hydroxylation sites is 2. The van der Waals surface area contributed by atoms with Crippen LogP contribution in [-0.2, 0) is 4.79 Å². The zero-order chi connectivity index (χ0) is 18.7. The molecule has 8 heteroatoms. The van der Waals surface area contributed by atoms with Crippen molar-refractivity contribution in [2.45, 2.75) is 44.1 Å². The molecule has 1 unspecified atom stereocenters. The van der Waals surface area contributed by atoms with Gasteiger partial charge >= 0.3 is 0 Å². The van der Waals surface area contributed by atoms with Crippen molar-refractivity contribution in [3.05, 3.63) is 24.3 Å². The Bertz CT molecular complexity index is 688. The molecule has 0 aromatic heterocycles. The Hall–Kier alpha value is -2.32. The molecule has 142 valence electrons. The number of aliphatic imine (C=N–C) groups is 1. The molecular formula is C18H26N4O4. The maximum atomic E-state index is 12.9. The summed E-state index contributed by atoms with van der Waals surface area (Å²) in [6, 6.07) is 6.49. The van der Waals surface area contributed by atoms with Crippen molar-refractivity contribution in [1.29, 1.82) is 0 Å².